The Kier molecular flexibility index (Phi) is 8.76. The summed E-state index contributed by atoms with van der Waals surface area (Å²) in [6.45, 7) is 6.77. The molecule has 2 nitrogen and oxygen atoms in total. The Hall–Kier alpha value is -7.16. The SMILES string of the molecule is CC(C)(C)c1ccc(-c2ccc(-c3ccc(N(c4ccc(-c5ccc6ccccc6c5)cc4)c4ccc(-n5c6ccccc6c6ccccc65)cc4)cc3)cc2)cc1. The van der Waals surface area contributed by atoms with Crippen LogP contribution in [0.4, 0.5) is 17.1 Å². The molecule has 0 fully saturated rings. The first-order chi connectivity index (χ1) is 28.4. The zero-order chi connectivity index (χ0) is 39.2. The van der Waals surface area contributed by atoms with Crippen LogP contribution in [0.3, 0.4) is 0 Å². The number of rotatable bonds is 7. The number of nitrogens with zero attached hydrogens (tertiary/aromatic N) is 2. The zero-order valence-corrected chi connectivity index (χ0v) is 33.1. The van der Waals surface area contributed by atoms with E-state index in [4.69, 9.17) is 0 Å². The van der Waals surface area contributed by atoms with Crippen LogP contribution in [0.15, 0.2) is 212 Å². The van der Waals surface area contributed by atoms with Gasteiger partial charge in [0, 0.05) is 33.5 Å². The summed E-state index contributed by atoms with van der Waals surface area (Å²) in [4.78, 5) is 2.36. The Bertz CT molecular complexity index is 2980. The smallest absolute Gasteiger partial charge is 0.0541 e. The van der Waals surface area contributed by atoms with Crippen LogP contribution in [-0.4, -0.2) is 4.57 Å². The summed E-state index contributed by atoms with van der Waals surface area (Å²) in [6, 6.07) is 77.5. The molecule has 1 aromatic heterocycles. The lowest BCUT2D eigenvalue weighted by Gasteiger charge is -2.26. The molecule has 0 aliphatic carbocycles. The van der Waals surface area contributed by atoms with Gasteiger partial charge in [0.1, 0.15) is 0 Å². The predicted molar refractivity (Wildman–Crippen MR) is 248 cm³/mol. The first kappa shape index (κ1) is 35.3. The van der Waals surface area contributed by atoms with Crippen molar-refractivity contribution in [3.05, 3.63) is 218 Å². The molecule has 0 radical (unpaired) electrons. The van der Waals surface area contributed by atoms with Crippen molar-refractivity contribution in [2.75, 3.05) is 4.90 Å². The van der Waals surface area contributed by atoms with E-state index in [-0.39, 0.29) is 5.41 Å². The molecule has 1 heterocycles. The zero-order valence-electron chi connectivity index (χ0n) is 33.1. The number of fused-ring (bicyclic) bond motifs is 4. The average molecular weight is 745 g/mol. The van der Waals surface area contributed by atoms with Gasteiger partial charge in [-0.25, -0.2) is 0 Å². The Morgan fingerprint density at radius 1 is 0.345 bits per heavy atom. The fourth-order valence-corrected chi connectivity index (χ4v) is 8.39. The number of aromatic nitrogens is 1. The first-order valence-corrected chi connectivity index (χ1v) is 20.2. The maximum Gasteiger partial charge on any atom is 0.0541 e. The molecule has 0 saturated carbocycles. The van der Waals surface area contributed by atoms with Crippen molar-refractivity contribution < 1.29 is 0 Å². The van der Waals surface area contributed by atoms with Crippen molar-refractivity contribution in [1.82, 2.24) is 4.57 Å². The predicted octanol–water partition coefficient (Wildman–Crippen LogP) is 15.7. The summed E-state index contributed by atoms with van der Waals surface area (Å²) < 4.78 is 2.37. The van der Waals surface area contributed by atoms with Crippen LogP contribution in [0.1, 0.15) is 26.3 Å². The van der Waals surface area contributed by atoms with Gasteiger partial charge >= 0.3 is 0 Å². The Labute approximate surface area is 340 Å². The molecule has 0 spiro atoms. The molecule has 10 aromatic rings. The molecule has 0 bridgehead atoms. The van der Waals surface area contributed by atoms with Crippen molar-refractivity contribution in [2.24, 2.45) is 0 Å². The lowest BCUT2D eigenvalue weighted by Crippen LogP contribution is -2.10. The van der Waals surface area contributed by atoms with Gasteiger partial charge in [-0.1, -0.05) is 166 Å². The van der Waals surface area contributed by atoms with Gasteiger partial charge in [0.05, 0.1) is 11.0 Å². The van der Waals surface area contributed by atoms with Crippen LogP contribution in [-0.2, 0) is 5.41 Å². The van der Waals surface area contributed by atoms with Crippen LogP contribution in [0, 0.1) is 0 Å². The summed E-state index contributed by atoms with van der Waals surface area (Å²) in [6.07, 6.45) is 0. The lowest BCUT2D eigenvalue weighted by molar-refractivity contribution is 0.590. The van der Waals surface area contributed by atoms with Crippen LogP contribution < -0.4 is 4.90 Å². The molecule has 10 rings (SSSR count). The largest absolute Gasteiger partial charge is 0.311 e. The number of hydrogen-bond donors (Lipinski definition) is 0. The van der Waals surface area contributed by atoms with Crippen molar-refractivity contribution in [2.45, 2.75) is 26.2 Å². The Morgan fingerprint density at radius 3 is 1.22 bits per heavy atom. The summed E-state index contributed by atoms with van der Waals surface area (Å²) in [7, 11) is 0. The summed E-state index contributed by atoms with van der Waals surface area (Å²) in [5.41, 5.74) is 15.6. The van der Waals surface area contributed by atoms with E-state index in [0.717, 1.165) is 22.7 Å². The third-order valence-electron chi connectivity index (χ3n) is 11.6. The molecular weight excluding hydrogens is 701 g/mol. The molecule has 0 N–H and O–H groups in total. The highest BCUT2D eigenvalue weighted by atomic mass is 15.1. The molecule has 58 heavy (non-hydrogen) atoms. The maximum atomic E-state index is 2.37. The number of anilines is 3. The van der Waals surface area contributed by atoms with Crippen molar-refractivity contribution in [3.63, 3.8) is 0 Å². The fraction of sp³-hybridized carbons (Fsp3) is 0.0714. The standard InChI is InChI=1S/C56H44N2/c1-56(2,3)47-28-22-42(23-29-47)40-16-18-41(19-17-40)43-24-30-48(31-25-43)57(49-32-26-44(27-33-49)46-21-20-39-10-4-5-11-45(39)38-46)50-34-36-51(37-35-50)58-54-14-8-6-12-52(54)53-13-7-9-15-55(53)58/h4-38H,1-3H3. The van der Waals surface area contributed by atoms with E-state index in [9.17, 15) is 0 Å². The first-order valence-electron chi connectivity index (χ1n) is 20.2. The second-order valence-electron chi connectivity index (χ2n) is 16.3. The minimum atomic E-state index is 0.141. The van der Waals surface area contributed by atoms with Gasteiger partial charge in [-0.05, 0) is 122 Å². The molecular formula is C56H44N2. The summed E-state index contributed by atoms with van der Waals surface area (Å²) >= 11 is 0. The molecule has 9 aromatic carbocycles. The number of benzene rings is 9. The van der Waals surface area contributed by atoms with E-state index in [1.54, 1.807) is 0 Å². The van der Waals surface area contributed by atoms with Crippen molar-refractivity contribution >= 4 is 49.6 Å². The molecule has 0 aliphatic rings. The molecule has 0 unspecified atom stereocenters. The third kappa shape index (κ3) is 6.53. The van der Waals surface area contributed by atoms with Gasteiger partial charge < -0.3 is 9.47 Å². The van der Waals surface area contributed by atoms with Crippen LogP contribution in [0.2, 0.25) is 0 Å². The molecule has 2 heteroatoms. The third-order valence-corrected chi connectivity index (χ3v) is 11.6. The van der Waals surface area contributed by atoms with Gasteiger partial charge in [0.2, 0.25) is 0 Å². The summed E-state index contributed by atoms with van der Waals surface area (Å²) in [5, 5.41) is 5.03. The quantitative estimate of drug-likeness (QED) is 0.158. The van der Waals surface area contributed by atoms with E-state index in [1.165, 1.54) is 71.5 Å². The van der Waals surface area contributed by atoms with E-state index < -0.39 is 0 Å². The number of hydrogen-bond acceptors (Lipinski definition) is 1. The average Bonchev–Trinajstić information content (AvgIpc) is 3.61. The van der Waals surface area contributed by atoms with Crippen LogP contribution in [0.25, 0.3) is 71.6 Å². The maximum absolute atomic E-state index is 2.37. The van der Waals surface area contributed by atoms with E-state index in [1.807, 2.05) is 0 Å². The van der Waals surface area contributed by atoms with Crippen LogP contribution in [0.5, 0.6) is 0 Å². The van der Waals surface area contributed by atoms with E-state index >= 15 is 0 Å². The van der Waals surface area contributed by atoms with Gasteiger partial charge in [0.25, 0.3) is 0 Å². The van der Waals surface area contributed by atoms with E-state index in [2.05, 4.69) is 243 Å². The summed E-state index contributed by atoms with van der Waals surface area (Å²) in [5.74, 6) is 0. The van der Waals surface area contributed by atoms with Gasteiger partial charge in [-0.2, -0.15) is 0 Å². The second kappa shape index (κ2) is 14.4. The molecule has 0 aliphatic heterocycles. The monoisotopic (exact) mass is 744 g/mol. The minimum Gasteiger partial charge on any atom is -0.311 e. The minimum absolute atomic E-state index is 0.141. The Morgan fingerprint density at radius 2 is 0.724 bits per heavy atom. The van der Waals surface area contributed by atoms with Gasteiger partial charge in [-0.15, -0.1) is 0 Å². The molecule has 0 atom stereocenters. The molecule has 0 amide bonds. The molecule has 278 valence electrons. The van der Waals surface area contributed by atoms with Gasteiger partial charge in [-0.3, -0.25) is 0 Å². The molecule has 0 saturated heterocycles. The normalized spacial score (nSPS) is 11.7. The van der Waals surface area contributed by atoms with Crippen molar-refractivity contribution in [1.29, 1.82) is 0 Å². The lowest BCUT2D eigenvalue weighted by atomic mass is 9.86. The number of para-hydroxylation sites is 2. The topological polar surface area (TPSA) is 8.17 Å². The Balaban J connectivity index is 0.997. The second-order valence-corrected chi connectivity index (χ2v) is 16.3. The van der Waals surface area contributed by atoms with E-state index in [0.29, 0.717) is 0 Å². The van der Waals surface area contributed by atoms with Crippen LogP contribution >= 0.6 is 0 Å². The van der Waals surface area contributed by atoms with Crippen molar-refractivity contribution in [3.8, 4) is 39.1 Å². The highest BCUT2D eigenvalue weighted by Crippen LogP contribution is 2.39. The van der Waals surface area contributed by atoms with Gasteiger partial charge in [0.15, 0.2) is 0 Å². The highest BCUT2D eigenvalue weighted by Gasteiger charge is 2.17. The highest BCUT2D eigenvalue weighted by molar-refractivity contribution is 6.09. The fourth-order valence-electron chi connectivity index (χ4n) is 8.39.